The second kappa shape index (κ2) is 18.3. The van der Waals surface area contributed by atoms with Crippen LogP contribution in [0.2, 0.25) is 0 Å². The molecule has 0 amide bonds. The lowest BCUT2D eigenvalue weighted by molar-refractivity contribution is 1.28. The number of rotatable bonds is 10. The highest BCUT2D eigenvalue weighted by Crippen LogP contribution is 2.49. The average Bonchev–Trinajstić information content (AvgIpc) is 3.44. The molecule has 0 radical (unpaired) electrons. The fraction of sp³-hybridized carbons (Fsp3) is 0. The van der Waals surface area contributed by atoms with E-state index in [2.05, 4.69) is 290 Å². The molecule has 0 spiro atoms. The maximum Gasteiger partial charge on any atom is 0.0540 e. The van der Waals surface area contributed by atoms with Crippen LogP contribution in [0.15, 0.2) is 285 Å². The molecule has 0 bridgehead atoms. The molecule has 12 rings (SSSR count). The second-order valence-electron chi connectivity index (χ2n) is 17.6. The lowest BCUT2D eigenvalue weighted by atomic mass is 9.84. The molecule has 1 heteroatoms. The van der Waals surface area contributed by atoms with Crippen LogP contribution in [0.3, 0.4) is 0 Å². The van der Waals surface area contributed by atoms with Gasteiger partial charge < -0.3 is 4.90 Å². The van der Waals surface area contributed by atoms with E-state index in [0.717, 1.165) is 28.2 Å². The number of hydrogen-bond donors (Lipinski definition) is 0. The zero-order chi connectivity index (χ0) is 45.9. The van der Waals surface area contributed by atoms with Crippen molar-refractivity contribution in [3.05, 3.63) is 285 Å². The van der Waals surface area contributed by atoms with Crippen molar-refractivity contribution in [1.29, 1.82) is 0 Å². The quantitative estimate of drug-likeness (QED) is 0.124. The SMILES string of the molecule is c1ccc(-c2ccc(N(c3ccc(-c4ccccc4)c(-c4ccccc4)c3)c3ccccc3-c3ccc4c(c3)c(-c3ccccc3)c(-c3ccccc3)c3ccccc34)cc2-c2ccccc2)cc1. The first-order valence-corrected chi connectivity index (χ1v) is 23.8. The third-order valence-electron chi connectivity index (χ3n) is 13.5. The third-order valence-corrected chi connectivity index (χ3v) is 13.5. The lowest BCUT2D eigenvalue weighted by Crippen LogP contribution is -2.12. The number of benzene rings is 12. The van der Waals surface area contributed by atoms with Crippen molar-refractivity contribution in [2.75, 3.05) is 4.90 Å². The Morgan fingerprint density at radius 3 is 1.03 bits per heavy atom. The van der Waals surface area contributed by atoms with Gasteiger partial charge in [-0.15, -0.1) is 0 Å². The highest BCUT2D eigenvalue weighted by atomic mass is 15.1. The molecule has 69 heavy (non-hydrogen) atoms. The second-order valence-corrected chi connectivity index (χ2v) is 17.6. The summed E-state index contributed by atoms with van der Waals surface area (Å²) in [6.45, 7) is 0. The molecule has 0 heterocycles. The van der Waals surface area contributed by atoms with E-state index in [1.165, 1.54) is 88.3 Å². The Morgan fingerprint density at radius 1 is 0.188 bits per heavy atom. The van der Waals surface area contributed by atoms with Gasteiger partial charge in [-0.3, -0.25) is 0 Å². The molecule has 0 N–H and O–H groups in total. The Kier molecular flexibility index (Phi) is 11.0. The summed E-state index contributed by atoms with van der Waals surface area (Å²) in [5.74, 6) is 0. The molecule has 0 aliphatic rings. The summed E-state index contributed by atoms with van der Waals surface area (Å²) in [4.78, 5) is 2.47. The topological polar surface area (TPSA) is 3.24 Å². The maximum absolute atomic E-state index is 2.47. The molecule has 324 valence electrons. The normalized spacial score (nSPS) is 11.2. The fourth-order valence-corrected chi connectivity index (χ4v) is 10.3. The van der Waals surface area contributed by atoms with E-state index < -0.39 is 0 Å². The molecule has 12 aromatic carbocycles. The lowest BCUT2D eigenvalue weighted by Gasteiger charge is -2.30. The van der Waals surface area contributed by atoms with Crippen molar-refractivity contribution in [3.63, 3.8) is 0 Å². The van der Waals surface area contributed by atoms with E-state index in [9.17, 15) is 0 Å². The molecule has 0 fully saturated rings. The fourth-order valence-electron chi connectivity index (χ4n) is 10.3. The highest BCUT2D eigenvalue weighted by Gasteiger charge is 2.23. The summed E-state index contributed by atoms with van der Waals surface area (Å²) in [7, 11) is 0. The molecule has 0 aromatic heterocycles. The summed E-state index contributed by atoms with van der Waals surface area (Å²) in [5, 5.41) is 4.94. The third kappa shape index (κ3) is 7.86. The van der Waals surface area contributed by atoms with Crippen LogP contribution in [0.25, 0.3) is 99.4 Å². The number of para-hydroxylation sites is 1. The van der Waals surface area contributed by atoms with Gasteiger partial charge in [-0.2, -0.15) is 0 Å². The Labute approximate surface area is 404 Å². The van der Waals surface area contributed by atoms with E-state index >= 15 is 0 Å². The van der Waals surface area contributed by atoms with Gasteiger partial charge in [0.2, 0.25) is 0 Å². The van der Waals surface area contributed by atoms with Crippen LogP contribution >= 0.6 is 0 Å². The molecular weight excluding hydrogens is 831 g/mol. The minimum absolute atomic E-state index is 1.07. The predicted molar refractivity (Wildman–Crippen MR) is 294 cm³/mol. The van der Waals surface area contributed by atoms with Gasteiger partial charge in [0.15, 0.2) is 0 Å². The maximum atomic E-state index is 2.47. The molecule has 0 aliphatic carbocycles. The summed E-state index contributed by atoms with van der Waals surface area (Å²) in [6.07, 6.45) is 0. The molecule has 0 unspecified atom stereocenters. The van der Waals surface area contributed by atoms with Crippen LogP contribution in [0, 0.1) is 0 Å². The smallest absolute Gasteiger partial charge is 0.0540 e. The van der Waals surface area contributed by atoms with Crippen molar-refractivity contribution in [2.24, 2.45) is 0 Å². The minimum atomic E-state index is 1.07. The molecule has 12 aromatic rings. The Morgan fingerprint density at radius 2 is 0.551 bits per heavy atom. The zero-order valence-corrected chi connectivity index (χ0v) is 38.1. The highest BCUT2D eigenvalue weighted by molar-refractivity contribution is 6.22. The van der Waals surface area contributed by atoms with Crippen molar-refractivity contribution < 1.29 is 0 Å². The first kappa shape index (κ1) is 41.4. The Hall–Kier alpha value is -9.04. The van der Waals surface area contributed by atoms with Crippen molar-refractivity contribution in [1.82, 2.24) is 0 Å². The van der Waals surface area contributed by atoms with Crippen molar-refractivity contribution in [2.45, 2.75) is 0 Å². The van der Waals surface area contributed by atoms with Gasteiger partial charge in [0.1, 0.15) is 0 Å². The van der Waals surface area contributed by atoms with Gasteiger partial charge in [-0.05, 0) is 130 Å². The van der Waals surface area contributed by atoms with Gasteiger partial charge in [0, 0.05) is 16.9 Å². The van der Waals surface area contributed by atoms with Gasteiger partial charge in [-0.25, -0.2) is 0 Å². The number of hydrogen-bond acceptors (Lipinski definition) is 1. The van der Waals surface area contributed by atoms with Gasteiger partial charge in [0.05, 0.1) is 5.69 Å². The molecule has 0 atom stereocenters. The van der Waals surface area contributed by atoms with Crippen molar-refractivity contribution >= 4 is 38.6 Å². The van der Waals surface area contributed by atoms with E-state index in [-0.39, 0.29) is 0 Å². The van der Waals surface area contributed by atoms with Gasteiger partial charge in [-0.1, -0.05) is 249 Å². The zero-order valence-electron chi connectivity index (χ0n) is 38.1. The van der Waals surface area contributed by atoms with Crippen LogP contribution in [-0.4, -0.2) is 0 Å². The number of fused-ring (bicyclic) bond motifs is 3. The molecule has 0 saturated carbocycles. The average molecular weight is 878 g/mol. The van der Waals surface area contributed by atoms with Crippen LogP contribution in [0.1, 0.15) is 0 Å². The van der Waals surface area contributed by atoms with Gasteiger partial charge in [0.25, 0.3) is 0 Å². The Bertz CT molecular complexity index is 3610. The Balaban J connectivity index is 1.13. The number of anilines is 3. The first-order valence-electron chi connectivity index (χ1n) is 23.8. The minimum Gasteiger partial charge on any atom is -0.310 e. The summed E-state index contributed by atoms with van der Waals surface area (Å²) >= 11 is 0. The summed E-state index contributed by atoms with van der Waals surface area (Å²) < 4.78 is 0. The molecular formula is C68H47N. The van der Waals surface area contributed by atoms with Crippen LogP contribution in [-0.2, 0) is 0 Å². The van der Waals surface area contributed by atoms with Crippen molar-refractivity contribution in [3.8, 4) is 77.9 Å². The number of nitrogens with zero attached hydrogens (tertiary/aromatic N) is 1. The van der Waals surface area contributed by atoms with E-state index in [1.807, 2.05) is 0 Å². The van der Waals surface area contributed by atoms with Crippen LogP contribution < -0.4 is 4.90 Å². The largest absolute Gasteiger partial charge is 0.310 e. The monoisotopic (exact) mass is 877 g/mol. The standard InChI is InChI=1S/C68H47N/c1-7-23-48(24-8-1)57-43-40-55(46-63(57)50-27-11-3-12-28-50)69(56-41-44-58(49-25-9-2-10-26-49)64(47-56)51-29-13-4-14-30-51)66-38-22-21-35-59(66)54-39-42-61-60-36-19-20-37-62(60)67(52-31-15-5-16-32-52)68(65(61)45-54)53-33-17-6-18-34-53/h1-47H. The van der Waals surface area contributed by atoms with Gasteiger partial charge >= 0.3 is 0 Å². The van der Waals surface area contributed by atoms with E-state index in [1.54, 1.807) is 0 Å². The molecule has 0 saturated heterocycles. The van der Waals surface area contributed by atoms with E-state index in [4.69, 9.17) is 0 Å². The summed E-state index contributed by atoms with van der Waals surface area (Å²) in [5.41, 5.74) is 19.8. The molecule has 0 aliphatic heterocycles. The van der Waals surface area contributed by atoms with Crippen LogP contribution in [0.5, 0.6) is 0 Å². The first-order chi connectivity index (χ1) is 34.3. The predicted octanol–water partition coefficient (Wildman–Crippen LogP) is 19.1. The van der Waals surface area contributed by atoms with E-state index in [0.29, 0.717) is 0 Å². The molecule has 1 nitrogen and oxygen atoms in total. The van der Waals surface area contributed by atoms with Crippen LogP contribution in [0.4, 0.5) is 17.1 Å². The summed E-state index contributed by atoms with van der Waals surface area (Å²) in [6, 6.07) is 104.